The van der Waals surface area contributed by atoms with Gasteiger partial charge in [0.05, 0.1) is 17.7 Å². The molecule has 0 fully saturated rings. The zero-order valence-electron chi connectivity index (χ0n) is 13.7. The second-order valence-corrected chi connectivity index (χ2v) is 6.76. The van der Waals surface area contributed by atoms with Crippen LogP contribution < -0.4 is 5.32 Å². The first-order valence-electron chi connectivity index (χ1n) is 8.05. The molecule has 0 spiro atoms. The summed E-state index contributed by atoms with van der Waals surface area (Å²) in [6.07, 6.45) is -0.585. The van der Waals surface area contributed by atoms with Crippen LogP contribution in [-0.2, 0) is 6.54 Å². The van der Waals surface area contributed by atoms with E-state index in [1.807, 2.05) is 49.4 Å². The Balaban J connectivity index is 1.65. The van der Waals surface area contributed by atoms with Gasteiger partial charge in [0.25, 0.3) is 0 Å². The van der Waals surface area contributed by atoms with E-state index in [0.29, 0.717) is 22.4 Å². The summed E-state index contributed by atoms with van der Waals surface area (Å²) in [6, 6.07) is 18.5. The first-order chi connectivity index (χ1) is 12.0. The second-order valence-electron chi connectivity index (χ2n) is 5.92. The van der Waals surface area contributed by atoms with Crippen LogP contribution in [0.1, 0.15) is 24.4 Å². The minimum absolute atomic E-state index is 0.120. The van der Waals surface area contributed by atoms with Crippen LogP contribution in [0, 0.1) is 0 Å². The van der Waals surface area contributed by atoms with Crippen LogP contribution in [0.2, 0.25) is 10.0 Å². The monoisotopic (exact) mass is 375 g/mol. The van der Waals surface area contributed by atoms with Crippen LogP contribution in [0.4, 0.5) is 0 Å². The van der Waals surface area contributed by atoms with Crippen LogP contribution in [0.25, 0.3) is 11.3 Å². The molecule has 0 aliphatic rings. The van der Waals surface area contributed by atoms with E-state index in [4.69, 9.17) is 27.6 Å². The average molecular weight is 376 g/mol. The highest BCUT2D eigenvalue weighted by molar-refractivity contribution is 6.35. The lowest BCUT2D eigenvalue weighted by molar-refractivity contribution is 0.134. The normalized spacial score (nSPS) is 13.6. The van der Waals surface area contributed by atoms with E-state index in [1.165, 1.54) is 0 Å². The molecule has 0 aliphatic carbocycles. The van der Waals surface area contributed by atoms with Crippen molar-refractivity contribution >= 4 is 23.2 Å². The van der Waals surface area contributed by atoms with Crippen molar-refractivity contribution in [1.29, 1.82) is 0 Å². The Morgan fingerprint density at radius 2 is 1.80 bits per heavy atom. The van der Waals surface area contributed by atoms with Gasteiger partial charge >= 0.3 is 0 Å². The second kappa shape index (κ2) is 8.07. The van der Waals surface area contributed by atoms with E-state index in [-0.39, 0.29) is 6.04 Å². The summed E-state index contributed by atoms with van der Waals surface area (Å²) < 4.78 is 5.85. The summed E-state index contributed by atoms with van der Waals surface area (Å²) in [5.41, 5.74) is 1.64. The highest BCUT2D eigenvalue weighted by Crippen LogP contribution is 2.31. The topological polar surface area (TPSA) is 45.4 Å². The number of rotatable bonds is 6. The minimum atomic E-state index is -0.585. The van der Waals surface area contributed by atoms with Crippen LogP contribution in [0.3, 0.4) is 0 Å². The third-order valence-corrected chi connectivity index (χ3v) is 4.63. The molecular weight excluding hydrogens is 357 g/mol. The van der Waals surface area contributed by atoms with Gasteiger partial charge in [-0.05, 0) is 42.8 Å². The number of benzene rings is 2. The first-order valence-corrected chi connectivity index (χ1v) is 8.80. The summed E-state index contributed by atoms with van der Waals surface area (Å²) in [5.74, 6) is 1.43. The molecule has 0 bridgehead atoms. The van der Waals surface area contributed by atoms with Gasteiger partial charge in [-0.15, -0.1) is 0 Å². The van der Waals surface area contributed by atoms with Gasteiger partial charge in [-0.1, -0.05) is 53.5 Å². The van der Waals surface area contributed by atoms with Crippen molar-refractivity contribution in [3.05, 3.63) is 82.0 Å². The Labute approximate surface area is 157 Å². The van der Waals surface area contributed by atoms with Crippen molar-refractivity contribution < 1.29 is 9.52 Å². The SMILES string of the molecule is CC(NCc1ccc(-c2cc(Cl)ccc2Cl)o1)C(O)c1ccccc1. The molecule has 1 aromatic heterocycles. The molecule has 2 aromatic carbocycles. The third kappa shape index (κ3) is 4.44. The van der Waals surface area contributed by atoms with Crippen molar-refractivity contribution in [2.45, 2.75) is 25.6 Å². The first kappa shape index (κ1) is 18.0. The van der Waals surface area contributed by atoms with Gasteiger partial charge in [0, 0.05) is 16.6 Å². The molecule has 1 heterocycles. The van der Waals surface area contributed by atoms with E-state index in [1.54, 1.807) is 18.2 Å². The maximum Gasteiger partial charge on any atom is 0.135 e. The van der Waals surface area contributed by atoms with E-state index in [9.17, 15) is 5.11 Å². The predicted octanol–water partition coefficient (Wildman–Crippen LogP) is 5.47. The Morgan fingerprint density at radius 1 is 1.04 bits per heavy atom. The number of hydrogen-bond acceptors (Lipinski definition) is 3. The van der Waals surface area contributed by atoms with E-state index in [0.717, 1.165) is 16.9 Å². The molecule has 3 aromatic rings. The number of nitrogens with one attached hydrogen (secondary N) is 1. The van der Waals surface area contributed by atoms with Gasteiger partial charge < -0.3 is 14.8 Å². The molecule has 3 rings (SSSR count). The molecule has 3 nitrogen and oxygen atoms in total. The van der Waals surface area contributed by atoms with Gasteiger partial charge in [0.2, 0.25) is 0 Å². The lowest BCUT2D eigenvalue weighted by atomic mass is 10.0. The molecule has 2 atom stereocenters. The predicted molar refractivity (Wildman–Crippen MR) is 102 cm³/mol. The van der Waals surface area contributed by atoms with Crippen molar-refractivity contribution in [2.24, 2.45) is 0 Å². The van der Waals surface area contributed by atoms with Crippen LogP contribution >= 0.6 is 23.2 Å². The maximum absolute atomic E-state index is 10.4. The molecule has 25 heavy (non-hydrogen) atoms. The molecule has 0 saturated heterocycles. The van der Waals surface area contributed by atoms with Crippen molar-refractivity contribution in [2.75, 3.05) is 0 Å². The Kier molecular flexibility index (Phi) is 5.82. The standard InChI is InChI=1S/C20H19Cl2NO2/c1-13(20(24)14-5-3-2-4-6-14)23-12-16-8-10-19(25-16)17-11-15(21)7-9-18(17)22/h2-11,13,20,23-24H,12H2,1H3. The molecule has 130 valence electrons. The van der Waals surface area contributed by atoms with Crippen molar-refractivity contribution in [1.82, 2.24) is 5.32 Å². The number of halogens is 2. The van der Waals surface area contributed by atoms with Gasteiger partial charge in [-0.3, -0.25) is 0 Å². The molecule has 0 radical (unpaired) electrons. The van der Waals surface area contributed by atoms with Gasteiger partial charge in [-0.25, -0.2) is 0 Å². The molecule has 0 saturated carbocycles. The molecule has 0 aliphatic heterocycles. The third-order valence-electron chi connectivity index (χ3n) is 4.07. The summed E-state index contributed by atoms with van der Waals surface area (Å²) in [5, 5.41) is 14.9. The largest absolute Gasteiger partial charge is 0.460 e. The molecular formula is C20H19Cl2NO2. The Bertz CT molecular complexity index is 833. The van der Waals surface area contributed by atoms with Crippen LogP contribution in [0.5, 0.6) is 0 Å². The zero-order chi connectivity index (χ0) is 17.8. The minimum Gasteiger partial charge on any atom is -0.460 e. The lowest BCUT2D eigenvalue weighted by Crippen LogP contribution is -2.31. The van der Waals surface area contributed by atoms with Gasteiger partial charge in [0.1, 0.15) is 11.5 Å². The highest BCUT2D eigenvalue weighted by atomic mass is 35.5. The van der Waals surface area contributed by atoms with Gasteiger partial charge in [0.15, 0.2) is 0 Å². The fourth-order valence-corrected chi connectivity index (χ4v) is 3.00. The van der Waals surface area contributed by atoms with Crippen LogP contribution in [-0.4, -0.2) is 11.1 Å². The quantitative estimate of drug-likeness (QED) is 0.600. The summed E-state index contributed by atoms with van der Waals surface area (Å²) in [4.78, 5) is 0. The van der Waals surface area contributed by atoms with Crippen molar-refractivity contribution in [3.8, 4) is 11.3 Å². The Hall–Kier alpha value is -1.78. The molecule has 0 amide bonds. The number of hydrogen-bond donors (Lipinski definition) is 2. The molecule has 2 N–H and O–H groups in total. The fourth-order valence-electron chi connectivity index (χ4n) is 2.62. The molecule has 2 unspecified atom stereocenters. The van der Waals surface area contributed by atoms with E-state index >= 15 is 0 Å². The Morgan fingerprint density at radius 3 is 2.56 bits per heavy atom. The fraction of sp³-hybridized carbons (Fsp3) is 0.200. The lowest BCUT2D eigenvalue weighted by Gasteiger charge is -2.20. The molecule has 5 heteroatoms. The van der Waals surface area contributed by atoms with E-state index in [2.05, 4.69) is 5.32 Å². The zero-order valence-corrected chi connectivity index (χ0v) is 15.3. The maximum atomic E-state index is 10.4. The van der Waals surface area contributed by atoms with Crippen molar-refractivity contribution in [3.63, 3.8) is 0 Å². The summed E-state index contributed by atoms with van der Waals surface area (Å²) in [6.45, 7) is 2.44. The number of furan rings is 1. The summed E-state index contributed by atoms with van der Waals surface area (Å²) >= 11 is 12.2. The smallest absolute Gasteiger partial charge is 0.135 e. The number of aliphatic hydroxyl groups is 1. The number of aliphatic hydroxyl groups excluding tert-OH is 1. The summed E-state index contributed by atoms with van der Waals surface area (Å²) in [7, 11) is 0. The van der Waals surface area contributed by atoms with E-state index < -0.39 is 6.10 Å². The van der Waals surface area contributed by atoms with Crippen LogP contribution in [0.15, 0.2) is 65.1 Å². The van der Waals surface area contributed by atoms with Gasteiger partial charge in [-0.2, -0.15) is 0 Å². The highest BCUT2D eigenvalue weighted by Gasteiger charge is 2.16. The average Bonchev–Trinajstić information content (AvgIpc) is 3.10.